The predicted molar refractivity (Wildman–Crippen MR) is 95.5 cm³/mol. The molecule has 0 saturated heterocycles. The fourth-order valence-electron chi connectivity index (χ4n) is 2.71. The third-order valence-electron chi connectivity index (χ3n) is 4.06. The van der Waals surface area contributed by atoms with Crippen molar-refractivity contribution in [3.8, 4) is 0 Å². The second-order valence-electron chi connectivity index (χ2n) is 5.98. The number of benzene rings is 2. The van der Waals surface area contributed by atoms with E-state index < -0.39 is 18.3 Å². The summed E-state index contributed by atoms with van der Waals surface area (Å²) < 4.78 is 31.6. The van der Waals surface area contributed by atoms with E-state index in [-0.39, 0.29) is 18.8 Å². The predicted octanol–water partition coefficient (Wildman–Crippen LogP) is 4.83. The quantitative estimate of drug-likeness (QED) is 0.365. The Hall–Kier alpha value is -2.56. The molecule has 0 heterocycles. The van der Waals surface area contributed by atoms with Gasteiger partial charge in [0, 0.05) is 17.5 Å². The third-order valence-corrected chi connectivity index (χ3v) is 4.06. The number of rotatable bonds is 9. The molecule has 0 bridgehead atoms. The molecule has 0 N–H and O–H groups in total. The highest BCUT2D eigenvalue weighted by Gasteiger charge is 2.39. The maximum absolute atomic E-state index is 13.6. The number of carbonyl (C=O) groups excluding carboxylic acids is 2. The molecule has 2 aromatic rings. The topological polar surface area (TPSA) is 43.4 Å². The summed E-state index contributed by atoms with van der Waals surface area (Å²) in [4.78, 5) is 23.9. The number of aryl methyl sites for hydroxylation is 1. The van der Waals surface area contributed by atoms with Crippen LogP contribution >= 0.6 is 0 Å². The van der Waals surface area contributed by atoms with Crippen LogP contribution in [0.3, 0.4) is 0 Å². The maximum atomic E-state index is 13.6. The Morgan fingerprint density at radius 1 is 0.962 bits per heavy atom. The summed E-state index contributed by atoms with van der Waals surface area (Å²) in [6.45, 7) is 1.43. The standard InChI is InChI=1S/C21H22F2O3/c1-2-26-20(25)21(22,23)15-9-8-11-16-10-6-7-14-18(16)19(24)17-12-4-3-5-13-17/h3-7,10,12-14H,2,8-9,11,15H2,1H3. The minimum absolute atomic E-state index is 0.0661. The zero-order valence-corrected chi connectivity index (χ0v) is 14.7. The lowest BCUT2D eigenvalue weighted by Gasteiger charge is -2.14. The first-order valence-electron chi connectivity index (χ1n) is 8.68. The number of ether oxygens (including phenoxy) is 1. The summed E-state index contributed by atoms with van der Waals surface area (Å²) in [6, 6.07) is 16.1. The monoisotopic (exact) mass is 360 g/mol. The van der Waals surface area contributed by atoms with Crippen LogP contribution in [0.1, 0.15) is 47.7 Å². The van der Waals surface area contributed by atoms with Crippen molar-refractivity contribution in [3.63, 3.8) is 0 Å². The molecule has 26 heavy (non-hydrogen) atoms. The van der Waals surface area contributed by atoms with E-state index in [0.29, 0.717) is 24.0 Å². The molecule has 138 valence electrons. The van der Waals surface area contributed by atoms with E-state index in [9.17, 15) is 18.4 Å². The maximum Gasteiger partial charge on any atom is 0.376 e. The highest BCUT2D eigenvalue weighted by molar-refractivity contribution is 6.09. The summed E-state index contributed by atoms with van der Waals surface area (Å²) >= 11 is 0. The van der Waals surface area contributed by atoms with Crippen LogP contribution in [0.4, 0.5) is 8.78 Å². The first kappa shape index (κ1) is 19.8. The molecule has 0 amide bonds. The van der Waals surface area contributed by atoms with Crippen molar-refractivity contribution in [1.29, 1.82) is 0 Å². The number of esters is 1. The van der Waals surface area contributed by atoms with E-state index in [4.69, 9.17) is 0 Å². The molecular weight excluding hydrogens is 338 g/mol. The Morgan fingerprint density at radius 3 is 2.31 bits per heavy atom. The highest BCUT2D eigenvalue weighted by Crippen LogP contribution is 2.24. The van der Waals surface area contributed by atoms with E-state index in [1.54, 1.807) is 36.4 Å². The number of halogens is 2. The van der Waals surface area contributed by atoms with Crippen LogP contribution in [-0.4, -0.2) is 24.3 Å². The Kier molecular flexibility index (Phi) is 7.01. The fraction of sp³-hybridized carbons (Fsp3) is 0.333. The molecule has 0 aliphatic heterocycles. The summed E-state index contributed by atoms with van der Waals surface area (Å²) in [5.74, 6) is -5.02. The van der Waals surface area contributed by atoms with E-state index in [1.165, 1.54) is 6.92 Å². The molecule has 2 aromatic carbocycles. The lowest BCUT2D eigenvalue weighted by Crippen LogP contribution is -2.30. The second-order valence-corrected chi connectivity index (χ2v) is 5.98. The molecule has 0 spiro atoms. The van der Waals surface area contributed by atoms with Crippen molar-refractivity contribution in [2.75, 3.05) is 6.61 Å². The van der Waals surface area contributed by atoms with Gasteiger partial charge in [0.2, 0.25) is 0 Å². The van der Waals surface area contributed by atoms with Gasteiger partial charge in [-0.15, -0.1) is 0 Å². The zero-order chi connectivity index (χ0) is 19.0. The lowest BCUT2D eigenvalue weighted by molar-refractivity contribution is -0.172. The van der Waals surface area contributed by atoms with Crippen LogP contribution < -0.4 is 0 Å². The Bertz CT molecular complexity index is 742. The minimum Gasteiger partial charge on any atom is -0.462 e. The van der Waals surface area contributed by atoms with Crippen LogP contribution in [0.2, 0.25) is 0 Å². The van der Waals surface area contributed by atoms with Crippen LogP contribution in [0.5, 0.6) is 0 Å². The number of alkyl halides is 2. The molecule has 0 aliphatic carbocycles. The molecule has 0 aromatic heterocycles. The molecule has 0 aliphatic rings. The Morgan fingerprint density at radius 2 is 1.62 bits per heavy atom. The summed E-state index contributed by atoms with van der Waals surface area (Å²) in [7, 11) is 0. The van der Waals surface area contributed by atoms with Gasteiger partial charge in [0.15, 0.2) is 5.78 Å². The zero-order valence-electron chi connectivity index (χ0n) is 14.7. The number of hydrogen-bond acceptors (Lipinski definition) is 3. The first-order valence-corrected chi connectivity index (χ1v) is 8.68. The molecule has 5 heteroatoms. The average molecular weight is 360 g/mol. The van der Waals surface area contributed by atoms with E-state index in [0.717, 1.165) is 5.56 Å². The summed E-state index contributed by atoms with van der Waals surface area (Å²) in [6.07, 6.45) is 0.558. The Balaban J connectivity index is 1.97. The van der Waals surface area contributed by atoms with Gasteiger partial charge in [0.1, 0.15) is 0 Å². The highest BCUT2D eigenvalue weighted by atomic mass is 19.3. The van der Waals surface area contributed by atoms with Gasteiger partial charge >= 0.3 is 11.9 Å². The molecular formula is C21H22F2O3. The summed E-state index contributed by atoms with van der Waals surface area (Å²) in [5, 5.41) is 0. The van der Waals surface area contributed by atoms with Crippen LogP contribution in [0, 0.1) is 0 Å². The van der Waals surface area contributed by atoms with Gasteiger partial charge in [0.25, 0.3) is 0 Å². The number of unbranched alkanes of at least 4 members (excludes halogenated alkanes) is 1. The number of ketones is 1. The largest absolute Gasteiger partial charge is 0.462 e. The van der Waals surface area contributed by atoms with Crippen molar-refractivity contribution in [2.24, 2.45) is 0 Å². The number of carbonyl (C=O) groups is 2. The molecule has 0 radical (unpaired) electrons. The molecule has 0 fully saturated rings. The average Bonchev–Trinajstić information content (AvgIpc) is 2.66. The van der Waals surface area contributed by atoms with Crippen molar-refractivity contribution in [1.82, 2.24) is 0 Å². The van der Waals surface area contributed by atoms with Gasteiger partial charge < -0.3 is 4.74 Å². The van der Waals surface area contributed by atoms with Crippen molar-refractivity contribution < 1.29 is 23.1 Å². The van der Waals surface area contributed by atoms with Gasteiger partial charge in [-0.1, -0.05) is 54.6 Å². The fourth-order valence-corrected chi connectivity index (χ4v) is 2.71. The number of hydrogen-bond donors (Lipinski definition) is 0. The van der Waals surface area contributed by atoms with Crippen LogP contribution in [-0.2, 0) is 16.0 Å². The van der Waals surface area contributed by atoms with E-state index in [2.05, 4.69) is 4.74 Å². The third kappa shape index (κ3) is 5.22. The van der Waals surface area contributed by atoms with E-state index >= 15 is 0 Å². The van der Waals surface area contributed by atoms with Crippen molar-refractivity contribution in [2.45, 2.75) is 38.5 Å². The van der Waals surface area contributed by atoms with Gasteiger partial charge in [-0.25, -0.2) is 4.79 Å². The minimum atomic E-state index is -3.46. The molecule has 0 unspecified atom stereocenters. The molecule has 3 nitrogen and oxygen atoms in total. The molecule has 0 atom stereocenters. The van der Waals surface area contributed by atoms with E-state index in [1.807, 2.05) is 18.2 Å². The Labute approximate surface area is 152 Å². The normalized spacial score (nSPS) is 11.2. The lowest BCUT2D eigenvalue weighted by atomic mass is 9.95. The van der Waals surface area contributed by atoms with Crippen LogP contribution in [0.15, 0.2) is 54.6 Å². The van der Waals surface area contributed by atoms with Crippen LogP contribution in [0.25, 0.3) is 0 Å². The van der Waals surface area contributed by atoms with Gasteiger partial charge in [-0.2, -0.15) is 8.78 Å². The summed E-state index contributed by atoms with van der Waals surface area (Å²) in [5.41, 5.74) is 1.99. The van der Waals surface area contributed by atoms with Gasteiger partial charge in [-0.3, -0.25) is 4.79 Å². The SMILES string of the molecule is CCOC(=O)C(F)(F)CCCCc1ccccc1C(=O)c1ccccc1. The first-order chi connectivity index (χ1) is 12.5. The van der Waals surface area contributed by atoms with Gasteiger partial charge in [-0.05, 0) is 31.7 Å². The molecule has 2 rings (SSSR count). The smallest absolute Gasteiger partial charge is 0.376 e. The second kappa shape index (κ2) is 9.22. The van der Waals surface area contributed by atoms with Crippen molar-refractivity contribution in [3.05, 3.63) is 71.3 Å². The molecule has 0 saturated carbocycles. The van der Waals surface area contributed by atoms with Gasteiger partial charge in [0.05, 0.1) is 6.61 Å². The van der Waals surface area contributed by atoms with Crippen molar-refractivity contribution >= 4 is 11.8 Å².